The van der Waals surface area contributed by atoms with Gasteiger partial charge in [0.1, 0.15) is 6.33 Å². The Morgan fingerprint density at radius 3 is 1.05 bits per heavy atom. The van der Waals surface area contributed by atoms with E-state index in [2.05, 4.69) is 189 Å². The van der Waals surface area contributed by atoms with Crippen molar-refractivity contribution in [3.8, 4) is 89.0 Å². The smallest absolute Gasteiger partial charge is 0.115 e. The molecule has 5 heteroatoms. The van der Waals surface area contributed by atoms with E-state index in [4.69, 9.17) is 0 Å². The van der Waals surface area contributed by atoms with Crippen molar-refractivity contribution in [3.05, 3.63) is 219 Å². The third-order valence-corrected chi connectivity index (χ3v) is 11.1. The van der Waals surface area contributed by atoms with Crippen LogP contribution in [0.2, 0.25) is 0 Å². The lowest BCUT2D eigenvalue weighted by Gasteiger charge is -2.14. The Labute approximate surface area is 350 Å². The molecule has 9 aromatic rings. The molecule has 0 atom stereocenters. The summed E-state index contributed by atoms with van der Waals surface area (Å²) >= 11 is 0. The van der Waals surface area contributed by atoms with Crippen molar-refractivity contribution in [2.45, 2.75) is 0 Å². The summed E-state index contributed by atoms with van der Waals surface area (Å²) in [6.45, 7) is 0.767. The maximum Gasteiger partial charge on any atom is 0.115 e. The molecule has 60 heavy (non-hydrogen) atoms. The minimum Gasteiger partial charge on any atom is -0.372 e. The predicted octanol–water partition coefficient (Wildman–Crippen LogP) is 13.2. The fraction of sp³-hybridized carbons (Fsp3) is 0.0182. The highest BCUT2D eigenvalue weighted by atomic mass is 14.9. The van der Waals surface area contributed by atoms with Crippen molar-refractivity contribution >= 4 is 11.9 Å². The zero-order chi connectivity index (χ0) is 40.1. The average molecular weight is 770 g/mol. The zero-order valence-electron chi connectivity index (χ0n) is 32.8. The lowest BCUT2D eigenvalue weighted by atomic mass is 9.91. The summed E-state index contributed by atoms with van der Waals surface area (Å²) in [5.74, 6) is 0. The second-order valence-electron chi connectivity index (χ2n) is 15.0. The average Bonchev–Trinajstić information content (AvgIpc) is 3.35. The van der Waals surface area contributed by atoms with Crippen molar-refractivity contribution < 1.29 is 0 Å². The van der Waals surface area contributed by atoms with Gasteiger partial charge in [-0.2, -0.15) is 0 Å². The van der Waals surface area contributed by atoms with Crippen molar-refractivity contribution in [2.24, 2.45) is 4.99 Å². The highest BCUT2D eigenvalue weighted by Crippen LogP contribution is 2.37. The minimum atomic E-state index is 0.767. The first-order valence-corrected chi connectivity index (χ1v) is 20.1. The molecular weight excluding hydrogens is 731 g/mol. The Hall–Kier alpha value is -8.02. The molecule has 1 N–H and O–H groups in total. The molecule has 1 aliphatic heterocycles. The quantitative estimate of drug-likeness (QED) is 0.159. The molecule has 3 heterocycles. The van der Waals surface area contributed by atoms with Crippen LogP contribution in [-0.4, -0.2) is 27.8 Å². The molecule has 0 spiro atoms. The Morgan fingerprint density at radius 1 is 0.317 bits per heavy atom. The normalized spacial score (nSPS) is 12.1. The molecule has 0 saturated carbocycles. The van der Waals surface area contributed by atoms with E-state index in [0.717, 1.165) is 67.7 Å². The zero-order valence-corrected chi connectivity index (χ0v) is 32.8. The topological polar surface area (TPSA) is 63.1 Å². The first-order chi connectivity index (χ1) is 29.7. The first-order valence-electron chi connectivity index (χ1n) is 20.1. The second-order valence-corrected chi connectivity index (χ2v) is 15.0. The molecule has 1 aliphatic rings. The summed E-state index contributed by atoms with van der Waals surface area (Å²) in [6, 6.07) is 63.6. The third kappa shape index (κ3) is 7.80. The van der Waals surface area contributed by atoms with Gasteiger partial charge in [-0.1, -0.05) is 109 Å². The Balaban J connectivity index is 0.994. The summed E-state index contributed by atoms with van der Waals surface area (Å²) in [5, 5.41) is 3.22. The minimum absolute atomic E-state index is 0.767. The van der Waals surface area contributed by atoms with E-state index in [1.165, 1.54) is 39.0 Å². The van der Waals surface area contributed by atoms with Gasteiger partial charge >= 0.3 is 0 Å². The van der Waals surface area contributed by atoms with Gasteiger partial charge in [-0.3, -0.25) is 4.98 Å². The molecule has 10 rings (SSSR count). The molecule has 0 saturated heterocycles. The van der Waals surface area contributed by atoms with Crippen LogP contribution in [0.15, 0.2) is 218 Å². The molecular formula is C55H39N5. The summed E-state index contributed by atoms with van der Waals surface area (Å²) in [5.41, 5.74) is 20.5. The summed E-state index contributed by atoms with van der Waals surface area (Å²) in [6.07, 6.45) is 12.7. The van der Waals surface area contributed by atoms with Gasteiger partial charge in [0.05, 0.1) is 6.34 Å². The van der Waals surface area contributed by atoms with Crippen LogP contribution in [0, 0.1) is 0 Å². The number of nitrogens with zero attached hydrogens (tertiary/aromatic N) is 4. The molecule has 284 valence electrons. The van der Waals surface area contributed by atoms with Crippen LogP contribution in [0.5, 0.6) is 0 Å². The number of hydrogen-bond donors (Lipinski definition) is 1. The Kier molecular flexibility index (Phi) is 9.96. The monoisotopic (exact) mass is 769 g/mol. The van der Waals surface area contributed by atoms with E-state index >= 15 is 0 Å². The molecule has 0 fully saturated rings. The number of nitrogens with one attached hydrogen (secondary N) is 1. The van der Waals surface area contributed by atoms with Gasteiger partial charge < -0.3 is 5.32 Å². The molecule has 7 aromatic carbocycles. The van der Waals surface area contributed by atoms with Crippen LogP contribution < -0.4 is 5.32 Å². The van der Waals surface area contributed by atoms with Gasteiger partial charge in [-0.05, 0) is 161 Å². The molecule has 0 aliphatic carbocycles. The number of hydrogen-bond acceptors (Lipinski definition) is 5. The van der Waals surface area contributed by atoms with Gasteiger partial charge in [-0.25, -0.2) is 15.0 Å². The largest absolute Gasteiger partial charge is 0.372 e. The first kappa shape index (κ1) is 36.3. The van der Waals surface area contributed by atoms with E-state index in [1.54, 1.807) is 12.7 Å². The maximum atomic E-state index is 4.37. The predicted molar refractivity (Wildman–Crippen MR) is 248 cm³/mol. The van der Waals surface area contributed by atoms with Gasteiger partial charge in [0, 0.05) is 43.1 Å². The maximum absolute atomic E-state index is 4.37. The van der Waals surface area contributed by atoms with Gasteiger partial charge in [-0.15, -0.1) is 0 Å². The van der Waals surface area contributed by atoms with Crippen LogP contribution in [0.3, 0.4) is 0 Å². The second kappa shape index (κ2) is 16.5. The van der Waals surface area contributed by atoms with Gasteiger partial charge in [0.2, 0.25) is 0 Å². The standard InChI is InChI=1S/C55H39N5/c1-7-39(38-19-21-56-22-20-38)23-40(8-1)41-9-2-10-42(24-41)45-13-4-16-48(26-45)51-29-52(31-53(30-51)55-34-59-37-60-35-55)49-17-5-14-46(27-49)43-11-3-12-44(25-43)47-15-6-18-50(28-47)54-32-57-36-58-33-54/h1-32,34-37H,33H2,(H,57,58). The molecule has 0 amide bonds. The number of aromatic nitrogens is 3. The van der Waals surface area contributed by atoms with Crippen molar-refractivity contribution in [1.82, 2.24) is 20.3 Å². The molecule has 5 nitrogen and oxygen atoms in total. The van der Waals surface area contributed by atoms with Crippen LogP contribution >= 0.6 is 0 Å². The van der Waals surface area contributed by atoms with Crippen molar-refractivity contribution in [3.63, 3.8) is 0 Å². The van der Waals surface area contributed by atoms with Crippen LogP contribution in [0.1, 0.15) is 5.56 Å². The van der Waals surface area contributed by atoms with E-state index in [1.807, 2.05) is 43.1 Å². The van der Waals surface area contributed by atoms with Crippen LogP contribution in [-0.2, 0) is 0 Å². The summed E-state index contributed by atoms with van der Waals surface area (Å²) in [7, 11) is 0. The molecule has 0 bridgehead atoms. The fourth-order valence-corrected chi connectivity index (χ4v) is 7.97. The van der Waals surface area contributed by atoms with Crippen molar-refractivity contribution in [1.29, 1.82) is 0 Å². The van der Waals surface area contributed by atoms with E-state index in [-0.39, 0.29) is 0 Å². The van der Waals surface area contributed by atoms with Crippen LogP contribution in [0.25, 0.3) is 94.6 Å². The Bertz CT molecular complexity index is 3040. The van der Waals surface area contributed by atoms with E-state index in [9.17, 15) is 0 Å². The summed E-state index contributed by atoms with van der Waals surface area (Å²) in [4.78, 5) is 17.2. The number of pyridine rings is 1. The third-order valence-electron chi connectivity index (χ3n) is 11.1. The van der Waals surface area contributed by atoms with Crippen LogP contribution in [0.4, 0.5) is 0 Å². The number of aliphatic imine (C=N–C) groups is 1. The van der Waals surface area contributed by atoms with E-state index in [0.29, 0.717) is 0 Å². The number of benzene rings is 7. The number of rotatable bonds is 9. The molecule has 2 aromatic heterocycles. The summed E-state index contributed by atoms with van der Waals surface area (Å²) < 4.78 is 0. The van der Waals surface area contributed by atoms with Crippen molar-refractivity contribution in [2.75, 3.05) is 6.54 Å². The molecule has 0 radical (unpaired) electrons. The highest BCUT2D eigenvalue weighted by Gasteiger charge is 2.12. The fourth-order valence-electron chi connectivity index (χ4n) is 7.97. The highest BCUT2D eigenvalue weighted by molar-refractivity contribution is 5.86. The lowest BCUT2D eigenvalue weighted by Crippen LogP contribution is -2.16. The Morgan fingerprint density at radius 2 is 0.650 bits per heavy atom. The van der Waals surface area contributed by atoms with Gasteiger partial charge in [0.25, 0.3) is 0 Å². The molecule has 0 unspecified atom stereocenters. The lowest BCUT2D eigenvalue weighted by molar-refractivity contribution is 1.06. The van der Waals surface area contributed by atoms with Gasteiger partial charge in [0.15, 0.2) is 0 Å². The SMILES string of the molecule is C1=NC=C(c2cccc(-c3cccc(-c4cccc(-c5cc(-c6cncnc6)cc(-c6cccc(-c7cccc(-c8cccc(-c9ccncc9)c8)c7)c6)c5)c4)c3)c2)CN1. The van der Waals surface area contributed by atoms with E-state index < -0.39 is 0 Å².